The van der Waals surface area contributed by atoms with Crippen LogP contribution in [0, 0.1) is 10.1 Å². The summed E-state index contributed by atoms with van der Waals surface area (Å²) in [5, 5.41) is 19.6. The van der Waals surface area contributed by atoms with Gasteiger partial charge in [-0.3, -0.25) is 10.1 Å². The van der Waals surface area contributed by atoms with E-state index in [1.807, 2.05) is 0 Å². The third-order valence-corrected chi connectivity index (χ3v) is 4.15. The van der Waals surface area contributed by atoms with Gasteiger partial charge >= 0.3 is 5.97 Å². The topological polar surface area (TPSA) is 133 Å². The molecule has 22 heavy (non-hydrogen) atoms. The maximum Gasteiger partial charge on any atom is 0.339 e. The zero-order chi connectivity index (χ0) is 16.3. The molecule has 1 atom stereocenters. The molecular formula is C12H13NO8S. The van der Waals surface area contributed by atoms with Gasteiger partial charge in [0.25, 0.3) is 15.8 Å². The highest BCUT2D eigenvalue weighted by atomic mass is 32.2. The van der Waals surface area contributed by atoms with Gasteiger partial charge in [0.05, 0.1) is 16.4 Å². The van der Waals surface area contributed by atoms with Crippen LogP contribution in [-0.2, 0) is 23.8 Å². The van der Waals surface area contributed by atoms with Crippen LogP contribution < -0.4 is 0 Å². The van der Waals surface area contributed by atoms with Crippen LogP contribution in [0.2, 0.25) is 0 Å². The number of carbonyl (C=O) groups is 1. The van der Waals surface area contributed by atoms with Gasteiger partial charge in [-0.15, -0.1) is 0 Å². The maximum atomic E-state index is 12.0. The van der Waals surface area contributed by atoms with Crippen molar-refractivity contribution in [2.24, 2.45) is 0 Å². The standard InChI is InChI=1S/C12H13NO8S/c14-7-11(12(15)20-9-3-4-9)21-22(18,19)10-5-1-8(2-6-10)13(16)17/h1-2,5-6,9,11,14H,3-4,7H2. The summed E-state index contributed by atoms with van der Waals surface area (Å²) in [5.74, 6) is -0.963. The Bertz CT molecular complexity index is 665. The Morgan fingerprint density at radius 3 is 2.41 bits per heavy atom. The Morgan fingerprint density at radius 2 is 1.95 bits per heavy atom. The number of non-ortho nitro benzene ring substituents is 1. The minimum Gasteiger partial charge on any atom is -0.460 e. The van der Waals surface area contributed by atoms with Crippen molar-refractivity contribution < 1.29 is 32.2 Å². The predicted molar refractivity (Wildman–Crippen MR) is 71.4 cm³/mol. The van der Waals surface area contributed by atoms with Crippen molar-refractivity contribution in [1.29, 1.82) is 0 Å². The van der Waals surface area contributed by atoms with Gasteiger partial charge in [0.2, 0.25) is 0 Å². The number of esters is 1. The van der Waals surface area contributed by atoms with Crippen LogP contribution in [0.5, 0.6) is 0 Å². The third kappa shape index (κ3) is 4.00. The molecule has 9 nitrogen and oxygen atoms in total. The molecule has 1 aliphatic rings. The Morgan fingerprint density at radius 1 is 1.36 bits per heavy atom. The largest absolute Gasteiger partial charge is 0.460 e. The molecule has 1 N–H and O–H groups in total. The number of hydrogen-bond donors (Lipinski definition) is 1. The number of carbonyl (C=O) groups excluding carboxylic acids is 1. The Labute approximate surface area is 125 Å². The summed E-state index contributed by atoms with van der Waals surface area (Å²) in [6, 6.07) is 3.95. The first kappa shape index (κ1) is 16.3. The van der Waals surface area contributed by atoms with Gasteiger partial charge in [0.15, 0.2) is 6.10 Å². The quantitative estimate of drug-likeness (QED) is 0.328. The summed E-state index contributed by atoms with van der Waals surface area (Å²) in [6.45, 7) is -0.863. The van der Waals surface area contributed by atoms with Crippen LogP contribution in [0.1, 0.15) is 12.8 Å². The third-order valence-electron chi connectivity index (χ3n) is 2.81. The molecule has 0 heterocycles. The predicted octanol–water partition coefficient (Wildman–Crippen LogP) is 0.367. The second-order valence-electron chi connectivity index (χ2n) is 4.61. The first-order chi connectivity index (χ1) is 10.3. The number of aliphatic hydroxyl groups excluding tert-OH is 1. The lowest BCUT2D eigenvalue weighted by Gasteiger charge is -2.14. The van der Waals surface area contributed by atoms with Gasteiger partial charge in [-0.25, -0.2) is 8.98 Å². The highest BCUT2D eigenvalue weighted by Crippen LogP contribution is 2.25. The van der Waals surface area contributed by atoms with Gasteiger partial charge in [0, 0.05) is 12.1 Å². The van der Waals surface area contributed by atoms with Crippen molar-refractivity contribution in [3.8, 4) is 0 Å². The van der Waals surface area contributed by atoms with Crippen molar-refractivity contribution in [2.45, 2.75) is 29.9 Å². The molecule has 1 unspecified atom stereocenters. The average molecular weight is 331 g/mol. The highest BCUT2D eigenvalue weighted by Gasteiger charge is 2.33. The zero-order valence-electron chi connectivity index (χ0n) is 11.2. The molecule has 0 amide bonds. The Kier molecular flexibility index (Phi) is 4.74. The number of nitrogens with zero attached hydrogens (tertiary/aromatic N) is 1. The zero-order valence-corrected chi connectivity index (χ0v) is 12.1. The summed E-state index contributed by atoms with van der Waals surface area (Å²) in [4.78, 5) is 21.1. The van der Waals surface area contributed by atoms with E-state index in [1.165, 1.54) is 0 Å². The lowest BCUT2D eigenvalue weighted by Crippen LogP contribution is -2.33. The molecule has 0 saturated heterocycles. The summed E-state index contributed by atoms with van der Waals surface area (Å²) >= 11 is 0. The van der Waals surface area contributed by atoms with Crippen LogP contribution in [0.4, 0.5) is 5.69 Å². The van der Waals surface area contributed by atoms with Gasteiger partial charge in [0.1, 0.15) is 6.10 Å². The molecule has 1 aromatic carbocycles. The number of rotatable bonds is 7. The fourth-order valence-electron chi connectivity index (χ4n) is 1.51. The fourth-order valence-corrected chi connectivity index (χ4v) is 2.54. The molecule has 0 radical (unpaired) electrons. The molecule has 1 saturated carbocycles. The molecule has 0 aliphatic heterocycles. The smallest absolute Gasteiger partial charge is 0.339 e. The van der Waals surface area contributed by atoms with Crippen LogP contribution >= 0.6 is 0 Å². The van der Waals surface area contributed by atoms with Crippen molar-refractivity contribution in [3.63, 3.8) is 0 Å². The van der Waals surface area contributed by atoms with E-state index in [2.05, 4.69) is 4.18 Å². The molecule has 1 aliphatic carbocycles. The van der Waals surface area contributed by atoms with E-state index >= 15 is 0 Å². The van der Waals surface area contributed by atoms with E-state index in [0.29, 0.717) is 12.8 Å². The number of nitro groups is 1. The van der Waals surface area contributed by atoms with E-state index in [0.717, 1.165) is 24.3 Å². The summed E-state index contributed by atoms with van der Waals surface area (Å²) in [7, 11) is -4.36. The van der Waals surface area contributed by atoms with Gasteiger partial charge in [-0.05, 0) is 25.0 Å². The fraction of sp³-hybridized carbons (Fsp3) is 0.417. The maximum absolute atomic E-state index is 12.0. The van der Waals surface area contributed by atoms with E-state index in [-0.39, 0.29) is 16.7 Å². The van der Waals surface area contributed by atoms with Crippen molar-refractivity contribution >= 4 is 21.8 Å². The SMILES string of the molecule is O=C(OC1CC1)C(CO)OS(=O)(=O)c1ccc([N+](=O)[O-])cc1. The van der Waals surface area contributed by atoms with Crippen LogP contribution in [0.25, 0.3) is 0 Å². The normalized spacial score (nSPS) is 16.0. The number of nitro benzene ring substituents is 1. The second kappa shape index (κ2) is 6.38. The molecule has 120 valence electrons. The number of ether oxygens (including phenoxy) is 1. The minimum atomic E-state index is -4.36. The first-order valence-electron chi connectivity index (χ1n) is 6.32. The van der Waals surface area contributed by atoms with E-state index < -0.39 is 33.7 Å². The second-order valence-corrected chi connectivity index (χ2v) is 6.18. The summed E-state index contributed by atoms with van der Waals surface area (Å²) < 4.78 is 33.5. The summed E-state index contributed by atoms with van der Waals surface area (Å²) in [6.07, 6.45) is -0.536. The van der Waals surface area contributed by atoms with Gasteiger partial charge in [-0.2, -0.15) is 8.42 Å². The number of hydrogen-bond acceptors (Lipinski definition) is 8. The Hall–Kier alpha value is -2.04. The molecule has 0 spiro atoms. The average Bonchev–Trinajstić information content (AvgIpc) is 3.28. The molecule has 0 bridgehead atoms. The molecule has 2 rings (SSSR count). The van der Waals surface area contributed by atoms with Crippen LogP contribution in [-0.4, -0.2) is 43.2 Å². The monoisotopic (exact) mass is 331 g/mol. The lowest BCUT2D eigenvalue weighted by atomic mass is 10.3. The van der Waals surface area contributed by atoms with Crippen molar-refractivity contribution in [3.05, 3.63) is 34.4 Å². The number of aliphatic hydroxyl groups is 1. The van der Waals surface area contributed by atoms with Crippen molar-refractivity contribution in [1.82, 2.24) is 0 Å². The van der Waals surface area contributed by atoms with E-state index in [4.69, 9.17) is 9.84 Å². The van der Waals surface area contributed by atoms with E-state index in [9.17, 15) is 23.3 Å². The van der Waals surface area contributed by atoms with Gasteiger partial charge in [-0.1, -0.05) is 0 Å². The van der Waals surface area contributed by atoms with Crippen LogP contribution in [0.15, 0.2) is 29.2 Å². The minimum absolute atomic E-state index is 0.257. The number of benzene rings is 1. The highest BCUT2D eigenvalue weighted by molar-refractivity contribution is 7.86. The first-order valence-corrected chi connectivity index (χ1v) is 7.73. The van der Waals surface area contributed by atoms with Crippen LogP contribution in [0.3, 0.4) is 0 Å². The molecule has 1 aromatic rings. The lowest BCUT2D eigenvalue weighted by molar-refractivity contribution is -0.384. The summed E-state index contributed by atoms with van der Waals surface area (Å²) in [5.41, 5.74) is -0.286. The molecule has 0 aromatic heterocycles. The molecule has 1 fully saturated rings. The van der Waals surface area contributed by atoms with E-state index in [1.54, 1.807) is 0 Å². The molecule has 10 heteroatoms. The van der Waals surface area contributed by atoms with Crippen molar-refractivity contribution in [2.75, 3.05) is 6.61 Å². The molecular weight excluding hydrogens is 318 g/mol. The van der Waals surface area contributed by atoms with Gasteiger partial charge < -0.3 is 9.84 Å². The Balaban J connectivity index is 2.10.